The van der Waals surface area contributed by atoms with Gasteiger partial charge in [0.2, 0.25) is 0 Å². The van der Waals surface area contributed by atoms with Gasteiger partial charge in [-0.2, -0.15) is 0 Å². The third kappa shape index (κ3) is 1.56. The Kier molecular flexibility index (Phi) is 2.55. The minimum Gasteiger partial charge on any atom is -0.299 e. The Labute approximate surface area is 87.1 Å². The van der Waals surface area contributed by atoms with Crippen LogP contribution in [0.3, 0.4) is 0 Å². The normalized spacial score (nSPS) is 25.9. The van der Waals surface area contributed by atoms with Gasteiger partial charge in [0.15, 0.2) is 0 Å². The van der Waals surface area contributed by atoms with Crippen LogP contribution in [0, 0.1) is 5.82 Å². The van der Waals surface area contributed by atoms with E-state index in [9.17, 15) is 13.6 Å². The lowest BCUT2D eigenvalue weighted by Crippen LogP contribution is -2.33. The first-order valence-electron chi connectivity index (χ1n) is 5.04. The fraction of sp³-hybridized carbons (Fsp3) is 0.417. The lowest BCUT2D eigenvalue weighted by atomic mass is 9.79. The van der Waals surface area contributed by atoms with E-state index in [-0.39, 0.29) is 11.6 Å². The predicted octanol–water partition coefficient (Wildman–Crippen LogP) is 2.79. The molecule has 80 valence electrons. The predicted molar refractivity (Wildman–Crippen MR) is 52.9 cm³/mol. The van der Waals surface area contributed by atoms with Gasteiger partial charge in [-0.1, -0.05) is 12.1 Å². The van der Waals surface area contributed by atoms with Crippen LogP contribution in [0.25, 0.3) is 0 Å². The maximum atomic E-state index is 13.1. The highest BCUT2D eigenvalue weighted by molar-refractivity contribution is 5.92. The van der Waals surface area contributed by atoms with E-state index in [2.05, 4.69) is 0 Å². The van der Waals surface area contributed by atoms with Crippen molar-refractivity contribution in [2.75, 3.05) is 6.67 Å². The van der Waals surface area contributed by atoms with Crippen LogP contribution in [0.2, 0.25) is 0 Å². The molecule has 1 aromatic rings. The minimum absolute atomic E-state index is 0.0587. The van der Waals surface area contributed by atoms with Gasteiger partial charge < -0.3 is 0 Å². The number of rotatable bonds is 2. The third-order valence-electron chi connectivity index (χ3n) is 3.17. The van der Waals surface area contributed by atoms with E-state index in [1.165, 1.54) is 24.3 Å². The van der Waals surface area contributed by atoms with Crippen LogP contribution in [-0.2, 0) is 10.2 Å². The van der Waals surface area contributed by atoms with Crippen molar-refractivity contribution in [2.24, 2.45) is 0 Å². The number of carbonyl (C=O) groups excluding carboxylic acids is 1. The van der Waals surface area contributed by atoms with Crippen molar-refractivity contribution in [1.82, 2.24) is 0 Å². The van der Waals surface area contributed by atoms with Gasteiger partial charge in [-0.3, -0.25) is 4.79 Å². The molecule has 0 radical (unpaired) electrons. The molecule has 1 aliphatic carbocycles. The van der Waals surface area contributed by atoms with E-state index in [0.717, 1.165) is 6.42 Å². The summed E-state index contributed by atoms with van der Waals surface area (Å²) in [6.07, 6.45) is 1.69. The molecule has 0 aromatic heterocycles. The molecule has 1 aromatic carbocycles. The molecule has 0 aliphatic heterocycles. The second-order valence-electron chi connectivity index (χ2n) is 4.00. The van der Waals surface area contributed by atoms with Gasteiger partial charge in [-0.15, -0.1) is 0 Å². The molecular formula is C12H12F2O. The third-order valence-corrected chi connectivity index (χ3v) is 3.17. The summed E-state index contributed by atoms with van der Waals surface area (Å²) in [5, 5.41) is 0. The van der Waals surface area contributed by atoms with E-state index in [1.807, 2.05) is 0 Å². The molecule has 1 fully saturated rings. The molecule has 1 saturated carbocycles. The summed E-state index contributed by atoms with van der Waals surface area (Å²) in [5.41, 5.74) is -0.387. The first kappa shape index (κ1) is 10.3. The smallest absolute Gasteiger partial charge is 0.146 e. The Morgan fingerprint density at radius 2 is 1.93 bits per heavy atom. The molecule has 0 spiro atoms. The first-order valence-corrected chi connectivity index (χ1v) is 5.04. The van der Waals surface area contributed by atoms with Crippen molar-refractivity contribution in [3.05, 3.63) is 35.6 Å². The van der Waals surface area contributed by atoms with Crippen LogP contribution in [-0.4, -0.2) is 12.5 Å². The molecule has 1 aliphatic rings. The van der Waals surface area contributed by atoms with Crippen molar-refractivity contribution in [1.29, 1.82) is 0 Å². The van der Waals surface area contributed by atoms with Crippen LogP contribution in [0.4, 0.5) is 8.78 Å². The van der Waals surface area contributed by atoms with E-state index in [0.29, 0.717) is 18.4 Å². The minimum atomic E-state index is -0.992. The Hall–Kier alpha value is -1.25. The molecule has 1 atom stereocenters. The van der Waals surface area contributed by atoms with Crippen molar-refractivity contribution in [3.8, 4) is 0 Å². The zero-order chi connectivity index (χ0) is 10.9. The molecule has 0 bridgehead atoms. The number of alkyl halides is 1. The van der Waals surface area contributed by atoms with E-state index in [1.54, 1.807) is 0 Å². The largest absolute Gasteiger partial charge is 0.299 e. The lowest BCUT2D eigenvalue weighted by Gasteiger charge is -2.24. The topological polar surface area (TPSA) is 17.1 Å². The number of ketones is 1. The van der Waals surface area contributed by atoms with Gasteiger partial charge in [-0.25, -0.2) is 8.78 Å². The van der Waals surface area contributed by atoms with Gasteiger partial charge in [-0.05, 0) is 30.5 Å². The summed E-state index contributed by atoms with van der Waals surface area (Å²) < 4.78 is 25.8. The second-order valence-corrected chi connectivity index (χ2v) is 4.00. The first-order chi connectivity index (χ1) is 7.19. The van der Waals surface area contributed by atoms with Crippen LogP contribution >= 0.6 is 0 Å². The zero-order valence-electron chi connectivity index (χ0n) is 8.30. The van der Waals surface area contributed by atoms with Gasteiger partial charge in [0.1, 0.15) is 18.3 Å². The monoisotopic (exact) mass is 210 g/mol. The number of carbonyl (C=O) groups is 1. The van der Waals surface area contributed by atoms with Crippen molar-refractivity contribution >= 4 is 5.78 Å². The van der Waals surface area contributed by atoms with Crippen molar-refractivity contribution in [2.45, 2.75) is 24.7 Å². The van der Waals surface area contributed by atoms with E-state index >= 15 is 0 Å². The van der Waals surface area contributed by atoms with Crippen LogP contribution in [0.1, 0.15) is 24.8 Å². The quantitative estimate of drug-likeness (QED) is 0.733. The Balaban J connectivity index is 2.42. The average molecular weight is 210 g/mol. The molecule has 0 heterocycles. The summed E-state index contributed by atoms with van der Waals surface area (Å²) in [6, 6.07) is 5.58. The highest BCUT2D eigenvalue weighted by Gasteiger charge is 2.43. The highest BCUT2D eigenvalue weighted by Crippen LogP contribution is 2.38. The molecule has 2 rings (SSSR count). The van der Waals surface area contributed by atoms with Crippen molar-refractivity contribution in [3.63, 3.8) is 0 Å². The SMILES string of the molecule is O=C1CCCC1(CF)c1ccc(F)cc1. The number of hydrogen-bond donors (Lipinski definition) is 0. The van der Waals surface area contributed by atoms with E-state index < -0.39 is 12.1 Å². The number of hydrogen-bond acceptors (Lipinski definition) is 1. The molecule has 0 N–H and O–H groups in total. The molecule has 3 heteroatoms. The molecule has 0 saturated heterocycles. The fourth-order valence-electron chi connectivity index (χ4n) is 2.22. The average Bonchev–Trinajstić information content (AvgIpc) is 2.62. The molecule has 1 unspecified atom stereocenters. The lowest BCUT2D eigenvalue weighted by molar-refractivity contribution is -0.122. The van der Waals surface area contributed by atoms with Crippen LogP contribution < -0.4 is 0 Å². The fourth-order valence-corrected chi connectivity index (χ4v) is 2.22. The molecule has 15 heavy (non-hydrogen) atoms. The van der Waals surface area contributed by atoms with Gasteiger partial charge in [0.25, 0.3) is 0 Å². The number of Topliss-reactive ketones (excluding diaryl/α,β-unsaturated/α-hetero) is 1. The molecule has 0 amide bonds. The van der Waals surface area contributed by atoms with Gasteiger partial charge in [0.05, 0.1) is 5.41 Å². The highest BCUT2D eigenvalue weighted by atomic mass is 19.1. The van der Waals surface area contributed by atoms with Crippen LogP contribution in [0.15, 0.2) is 24.3 Å². The summed E-state index contributed by atoms with van der Waals surface area (Å²) in [7, 11) is 0. The maximum absolute atomic E-state index is 13.1. The van der Waals surface area contributed by atoms with E-state index in [4.69, 9.17) is 0 Å². The molecular weight excluding hydrogens is 198 g/mol. The molecule has 1 nitrogen and oxygen atoms in total. The maximum Gasteiger partial charge on any atom is 0.146 e. The number of benzene rings is 1. The Bertz CT molecular complexity index is 372. The summed E-state index contributed by atoms with van der Waals surface area (Å²) in [5.74, 6) is -0.421. The van der Waals surface area contributed by atoms with Gasteiger partial charge in [0, 0.05) is 6.42 Å². The Morgan fingerprint density at radius 3 is 2.40 bits per heavy atom. The van der Waals surface area contributed by atoms with Crippen LogP contribution in [0.5, 0.6) is 0 Å². The summed E-state index contributed by atoms with van der Waals surface area (Å²) >= 11 is 0. The van der Waals surface area contributed by atoms with Crippen molar-refractivity contribution < 1.29 is 13.6 Å². The summed E-state index contributed by atoms with van der Waals surface area (Å²) in [6.45, 7) is -0.683. The zero-order valence-corrected chi connectivity index (χ0v) is 8.30. The van der Waals surface area contributed by atoms with Gasteiger partial charge >= 0.3 is 0 Å². The Morgan fingerprint density at radius 1 is 1.27 bits per heavy atom. The number of halogens is 2. The second kappa shape index (κ2) is 3.72. The summed E-state index contributed by atoms with van der Waals surface area (Å²) in [4.78, 5) is 11.7. The standard InChI is InChI=1S/C12H12F2O/c13-8-12(7-1-2-11(12)15)9-3-5-10(14)6-4-9/h3-6H,1-2,7-8H2.